The van der Waals surface area contributed by atoms with Crippen LogP contribution in [-0.2, 0) is 23.8 Å². The smallest absolute Gasteiger partial charge is 0.303 e. The minimum atomic E-state index is -0.622. The van der Waals surface area contributed by atoms with Crippen molar-refractivity contribution >= 4 is 11.9 Å². The van der Waals surface area contributed by atoms with Crippen molar-refractivity contribution in [3.05, 3.63) is 24.3 Å². The second-order valence-electron chi connectivity index (χ2n) is 5.57. The molecule has 1 heterocycles. The summed E-state index contributed by atoms with van der Waals surface area (Å²) in [5, 5.41) is 0. The summed E-state index contributed by atoms with van der Waals surface area (Å²) in [5.74, 6) is 0.243. The van der Waals surface area contributed by atoms with E-state index in [0.29, 0.717) is 11.5 Å². The minimum Gasteiger partial charge on any atom is -0.497 e. The third-order valence-corrected chi connectivity index (χ3v) is 3.69. The average Bonchev–Trinajstić information content (AvgIpc) is 2.82. The Balaban J connectivity index is 2.06. The highest BCUT2D eigenvalue weighted by Crippen LogP contribution is 2.32. The summed E-state index contributed by atoms with van der Waals surface area (Å²) in [6.45, 7) is 4.49. The van der Waals surface area contributed by atoms with Gasteiger partial charge in [0.25, 0.3) is 0 Å². The van der Waals surface area contributed by atoms with Crippen molar-refractivity contribution in [3.8, 4) is 11.5 Å². The largest absolute Gasteiger partial charge is 0.497 e. The molecule has 0 bridgehead atoms. The molecule has 0 amide bonds. The molecule has 7 nitrogen and oxygen atoms in total. The monoisotopic (exact) mass is 338 g/mol. The molecule has 0 radical (unpaired) electrons. The second kappa shape index (κ2) is 8.01. The summed E-state index contributed by atoms with van der Waals surface area (Å²) in [4.78, 5) is 22.3. The van der Waals surface area contributed by atoms with Gasteiger partial charge in [-0.15, -0.1) is 0 Å². The van der Waals surface area contributed by atoms with E-state index in [4.69, 9.17) is 23.7 Å². The highest BCUT2D eigenvalue weighted by atomic mass is 16.7. The van der Waals surface area contributed by atoms with Gasteiger partial charge in [-0.2, -0.15) is 0 Å². The summed E-state index contributed by atoms with van der Waals surface area (Å²) in [5.41, 5.74) is 0. The molecule has 0 unspecified atom stereocenters. The highest BCUT2D eigenvalue weighted by molar-refractivity contribution is 5.66. The predicted molar refractivity (Wildman–Crippen MR) is 83.6 cm³/mol. The van der Waals surface area contributed by atoms with E-state index in [1.54, 1.807) is 31.4 Å². The Morgan fingerprint density at radius 3 is 2.25 bits per heavy atom. The Morgan fingerprint density at radius 1 is 1.08 bits per heavy atom. The molecule has 0 aliphatic carbocycles. The molecule has 2 rings (SSSR count). The lowest BCUT2D eigenvalue weighted by molar-refractivity contribution is -0.157. The molecule has 1 aromatic carbocycles. The van der Waals surface area contributed by atoms with Crippen LogP contribution < -0.4 is 9.47 Å². The first-order valence-corrected chi connectivity index (χ1v) is 7.67. The van der Waals surface area contributed by atoms with Crippen molar-refractivity contribution in [1.82, 2.24) is 0 Å². The van der Waals surface area contributed by atoms with Crippen molar-refractivity contribution in [3.63, 3.8) is 0 Å². The Hall–Kier alpha value is -2.28. The van der Waals surface area contributed by atoms with Gasteiger partial charge < -0.3 is 23.7 Å². The quantitative estimate of drug-likeness (QED) is 0.733. The first-order chi connectivity index (χ1) is 11.4. The zero-order chi connectivity index (χ0) is 17.7. The van der Waals surface area contributed by atoms with Gasteiger partial charge in [0.2, 0.25) is 6.29 Å². The Labute approximate surface area is 140 Å². The summed E-state index contributed by atoms with van der Waals surface area (Å²) in [6, 6.07) is 7.06. The Bertz CT molecular complexity index is 569. The van der Waals surface area contributed by atoms with Crippen LogP contribution in [0.3, 0.4) is 0 Å². The first kappa shape index (κ1) is 18.1. The van der Waals surface area contributed by atoms with E-state index in [0.717, 1.165) is 0 Å². The molecule has 1 aliphatic rings. The van der Waals surface area contributed by atoms with Crippen molar-refractivity contribution < 1.29 is 33.3 Å². The zero-order valence-corrected chi connectivity index (χ0v) is 14.2. The Kier molecular flexibility index (Phi) is 6.03. The van der Waals surface area contributed by atoms with Crippen LogP contribution in [0.25, 0.3) is 0 Å². The maximum atomic E-state index is 11.3. The maximum Gasteiger partial charge on any atom is 0.303 e. The lowest BCUT2D eigenvalue weighted by Gasteiger charge is -2.20. The standard InChI is InChI=1S/C17H22O7/c1-10-16(22-12(3)19)15(9-21-11(2)18)24-17(10)23-14-7-5-13(20-4)6-8-14/h5-8,10,15-17H,9H2,1-4H3/t10-,15-,16+,17-/m1/s1. The number of hydrogen-bond acceptors (Lipinski definition) is 7. The molecule has 4 atom stereocenters. The molecule has 1 fully saturated rings. The molecular formula is C17H22O7. The number of carbonyl (C=O) groups excluding carboxylic acids is 2. The average molecular weight is 338 g/mol. The number of rotatable bonds is 6. The Morgan fingerprint density at radius 2 is 1.71 bits per heavy atom. The van der Waals surface area contributed by atoms with Gasteiger partial charge in [0.1, 0.15) is 30.3 Å². The molecule has 0 saturated carbocycles. The van der Waals surface area contributed by atoms with Gasteiger partial charge in [-0.05, 0) is 24.3 Å². The molecule has 132 valence electrons. The summed E-state index contributed by atoms with van der Waals surface area (Å²) in [7, 11) is 1.58. The van der Waals surface area contributed by atoms with E-state index < -0.39 is 30.4 Å². The number of esters is 2. The van der Waals surface area contributed by atoms with Gasteiger partial charge >= 0.3 is 11.9 Å². The fraction of sp³-hybridized carbons (Fsp3) is 0.529. The zero-order valence-electron chi connectivity index (χ0n) is 14.2. The third kappa shape index (κ3) is 4.61. The van der Waals surface area contributed by atoms with Crippen LogP contribution in [-0.4, -0.2) is 44.2 Å². The fourth-order valence-electron chi connectivity index (χ4n) is 2.50. The van der Waals surface area contributed by atoms with Gasteiger partial charge in [-0.1, -0.05) is 6.92 Å². The first-order valence-electron chi connectivity index (χ1n) is 7.67. The lowest BCUT2D eigenvalue weighted by atomic mass is 10.0. The lowest BCUT2D eigenvalue weighted by Crippen LogP contribution is -2.34. The number of ether oxygens (including phenoxy) is 5. The van der Waals surface area contributed by atoms with Gasteiger partial charge in [0.05, 0.1) is 13.0 Å². The maximum absolute atomic E-state index is 11.3. The van der Waals surface area contributed by atoms with E-state index >= 15 is 0 Å². The number of methoxy groups -OCH3 is 1. The van der Waals surface area contributed by atoms with Gasteiger partial charge in [-0.25, -0.2) is 0 Å². The van der Waals surface area contributed by atoms with E-state index in [-0.39, 0.29) is 12.5 Å². The number of hydrogen-bond donors (Lipinski definition) is 0. The summed E-state index contributed by atoms with van der Waals surface area (Å²) >= 11 is 0. The SMILES string of the molecule is COc1ccc(O[C@@H]2O[C@H](COC(C)=O)[C@@H](OC(C)=O)[C@H]2C)cc1. The molecule has 1 saturated heterocycles. The van der Waals surface area contributed by atoms with Gasteiger partial charge in [0, 0.05) is 13.8 Å². The summed E-state index contributed by atoms with van der Waals surface area (Å²) < 4.78 is 27.0. The van der Waals surface area contributed by atoms with E-state index in [1.807, 2.05) is 6.92 Å². The van der Waals surface area contributed by atoms with E-state index in [2.05, 4.69) is 0 Å². The highest BCUT2D eigenvalue weighted by Gasteiger charge is 2.46. The van der Waals surface area contributed by atoms with Gasteiger partial charge in [0.15, 0.2) is 0 Å². The van der Waals surface area contributed by atoms with Crippen LogP contribution in [0.1, 0.15) is 20.8 Å². The normalized spacial score (nSPS) is 25.8. The fourth-order valence-corrected chi connectivity index (χ4v) is 2.50. The van der Waals surface area contributed by atoms with Gasteiger partial charge in [-0.3, -0.25) is 9.59 Å². The van der Waals surface area contributed by atoms with Crippen LogP contribution in [0.4, 0.5) is 0 Å². The third-order valence-electron chi connectivity index (χ3n) is 3.69. The van der Waals surface area contributed by atoms with Crippen LogP contribution in [0, 0.1) is 5.92 Å². The topological polar surface area (TPSA) is 80.3 Å². The number of carbonyl (C=O) groups is 2. The predicted octanol–water partition coefficient (Wildman–Crippen LogP) is 1.93. The molecule has 0 N–H and O–H groups in total. The van der Waals surface area contributed by atoms with Crippen LogP contribution in [0.5, 0.6) is 11.5 Å². The molecule has 24 heavy (non-hydrogen) atoms. The molecular weight excluding hydrogens is 316 g/mol. The molecule has 0 spiro atoms. The minimum absolute atomic E-state index is 0.0000918. The molecule has 1 aliphatic heterocycles. The van der Waals surface area contributed by atoms with Crippen LogP contribution in [0.15, 0.2) is 24.3 Å². The second-order valence-corrected chi connectivity index (χ2v) is 5.57. The van der Waals surface area contributed by atoms with E-state index in [9.17, 15) is 9.59 Å². The van der Waals surface area contributed by atoms with Crippen molar-refractivity contribution in [2.75, 3.05) is 13.7 Å². The van der Waals surface area contributed by atoms with Crippen molar-refractivity contribution in [2.45, 2.75) is 39.3 Å². The molecule has 1 aromatic rings. The van der Waals surface area contributed by atoms with Crippen LogP contribution >= 0.6 is 0 Å². The van der Waals surface area contributed by atoms with Crippen LogP contribution in [0.2, 0.25) is 0 Å². The summed E-state index contributed by atoms with van der Waals surface area (Å²) in [6.07, 6.45) is -1.75. The molecule has 7 heteroatoms. The van der Waals surface area contributed by atoms with Crippen molar-refractivity contribution in [1.29, 1.82) is 0 Å². The number of benzene rings is 1. The van der Waals surface area contributed by atoms with E-state index in [1.165, 1.54) is 13.8 Å². The van der Waals surface area contributed by atoms with Crippen molar-refractivity contribution in [2.24, 2.45) is 5.92 Å². The molecule has 0 aromatic heterocycles.